The average molecular weight is 477 g/mol. The van der Waals surface area contributed by atoms with E-state index in [1.54, 1.807) is 24.3 Å². The highest BCUT2D eigenvalue weighted by molar-refractivity contribution is 7.56. The van der Waals surface area contributed by atoms with Gasteiger partial charge in [0.2, 0.25) is 34.8 Å². The van der Waals surface area contributed by atoms with Gasteiger partial charge in [-0.3, -0.25) is 9.36 Å². The molecule has 0 fully saturated rings. The van der Waals surface area contributed by atoms with Crippen LogP contribution >= 0.6 is 7.52 Å². The minimum absolute atomic E-state index is 0.0400. The smallest absolute Gasteiger partial charge is 0.323 e. The van der Waals surface area contributed by atoms with E-state index in [0.717, 1.165) is 0 Å². The third kappa shape index (κ3) is 6.40. The number of ether oxygens (including phenoxy) is 1. The third-order valence-corrected chi connectivity index (χ3v) is 6.22. The lowest BCUT2D eigenvalue weighted by atomic mass is 10.2. The fourth-order valence-electron chi connectivity index (χ4n) is 2.61. The summed E-state index contributed by atoms with van der Waals surface area (Å²) < 4.78 is 92.0. The molecule has 2 rings (SSSR count). The molecule has 0 saturated carbocycles. The van der Waals surface area contributed by atoms with E-state index < -0.39 is 60.5 Å². The fraction of sp³-hybridized carbons (Fsp3) is 0.286. The van der Waals surface area contributed by atoms with E-state index in [2.05, 4.69) is 11.7 Å². The van der Waals surface area contributed by atoms with E-state index in [-0.39, 0.29) is 6.61 Å². The number of esters is 1. The number of carbonyl (C=O) groups excluding carboxylic acids is 1. The van der Waals surface area contributed by atoms with Gasteiger partial charge in [0, 0.05) is 0 Å². The number of halogens is 5. The number of benzene rings is 2. The first-order valence-electron chi connectivity index (χ1n) is 9.49. The molecule has 0 aliphatic carbocycles. The van der Waals surface area contributed by atoms with Gasteiger partial charge in [-0.1, -0.05) is 36.4 Å². The van der Waals surface area contributed by atoms with Crippen LogP contribution in [0.3, 0.4) is 0 Å². The van der Waals surface area contributed by atoms with E-state index in [9.17, 15) is 31.3 Å². The summed E-state index contributed by atoms with van der Waals surface area (Å²) >= 11 is 0. The average Bonchev–Trinajstić information content (AvgIpc) is 2.77. The molecule has 0 amide bonds. The van der Waals surface area contributed by atoms with Gasteiger partial charge in [-0.25, -0.2) is 18.3 Å². The van der Waals surface area contributed by atoms with Gasteiger partial charge in [0.1, 0.15) is 6.04 Å². The molecule has 0 radical (unpaired) electrons. The molecule has 11 heteroatoms. The van der Waals surface area contributed by atoms with Crippen molar-refractivity contribution in [2.24, 2.45) is 0 Å². The summed E-state index contributed by atoms with van der Waals surface area (Å²) in [6, 6.07) is 6.54. The van der Waals surface area contributed by atoms with Crippen LogP contribution in [0.15, 0.2) is 43.0 Å². The van der Waals surface area contributed by atoms with Crippen LogP contribution < -0.4 is 9.61 Å². The first kappa shape index (κ1) is 25.5. The van der Waals surface area contributed by atoms with Crippen LogP contribution in [0, 0.1) is 29.1 Å². The van der Waals surface area contributed by atoms with Crippen molar-refractivity contribution in [1.82, 2.24) is 5.09 Å². The van der Waals surface area contributed by atoms with Gasteiger partial charge in [-0.2, -0.15) is 8.78 Å². The highest BCUT2D eigenvalue weighted by atomic mass is 31.2. The maximum Gasteiger partial charge on any atom is 0.323 e. The molecular formula is C21H21F5NO4P. The Balaban J connectivity index is 2.33. The number of hydrogen-bond donors (Lipinski definition) is 1. The Morgan fingerprint density at radius 1 is 1.06 bits per heavy atom. The first-order chi connectivity index (χ1) is 15.1. The zero-order valence-electron chi connectivity index (χ0n) is 17.0. The van der Waals surface area contributed by atoms with Gasteiger partial charge in [-0.15, -0.1) is 6.58 Å². The second-order valence-electron chi connectivity index (χ2n) is 6.76. The molecule has 0 spiro atoms. The van der Waals surface area contributed by atoms with Gasteiger partial charge in [0.05, 0.1) is 12.8 Å². The van der Waals surface area contributed by atoms with Gasteiger partial charge in [0.15, 0.2) is 0 Å². The second kappa shape index (κ2) is 11.2. The van der Waals surface area contributed by atoms with Gasteiger partial charge < -0.3 is 9.26 Å². The Labute approximate surface area is 181 Å². The van der Waals surface area contributed by atoms with Crippen molar-refractivity contribution in [3.63, 3.8) is 0 Å². The summed E-state index contributed by atoms with van der Waals surface area (Å²) in [4.78, 5) is 12.2. The summed E-state index contributed by atoms with van der Waals surface area (Å²) in [6.07, 6.45) is 2.19. The van der Waals surface area contributed by atoms with Crippen molar-refractivity contribution in [1.29, 1.82) is 0 Å². The van der Waals surface area contributed by atoms with Gasteiger partial charge >= 0.3 is 13.5 Å². The predicted molar refractivity (Wildman–Crippen MR) is 108 cm³/mol. The maximum absolute atomic E-state index is 14.1. The van der Waals surface area contributed by atoms with Crippen molar-refractivity contribution in [2.75, 3.05) is 6.61 Å². The Bertz CT molecular complexity index is 990. The van der Waals surface area contributed by atoms with Crippen molar-refractivity contribution in [3.8, 4) is 5.75 Å². The summed E-state index contributed by atoms with van der Waals surface area (Å²) in [5.41, 5.74) is 0.360. The minimum atomic E-state index is -4.43. The van der Waals surface area contributed by atoms with Crippen LogP contribution in [0.5, 0.6) is 5.75 Å². The van der Waals surface area contributed by atoms with Crippen LogP contribution in [-0.4, -0.2) is 18.6 Å². The van der Waals surface area contributed by atoms with Crippen LogP contribution in [-0.2, 0) is 20.3 Å². The molecule has 32 heavy (non-hydrogen) atoms. The van der Waals surface area contributed by atoms with E-state index in [4.69, 9.17) is 9.26 Å². The van der Waals surface area contributed by atoms with Crippen molar-refractivity contribution in [2.45, 2.75) is 32.0 Å². The van der Waals surface area contributed by atoms with Crippen molar-refractivity contribution < 1.29 is 40.6 Å². The number of nitrogens with one attached hydrogen (secondary N) is 1. The van der Waals surface area contributed by atoms with E-state index in [0.29, 0.717) is 18.4 Å². The summed E-state index contributed by atoms with van der Waals surface area (Å²) in [5, 5.41) is 2.31. The van der Waals surface area contributed by atoms with Gasteiger partial charge in [0.25, 0.3) is 0 Å². The quantitative estimate of drug-likeness (QED) is 0.0863. The highest BCUT2D eigenvalue weighted by Gasteiger charge is 2.36. The topological polar surface area (TPSA) is 64.6 Å². The van der Waals surface area contributed by atoms with Crippen LogP contribution in [0.25, 0.3) is 0 Å². The van der Waals surface area contributed by atoms with Crippen molar-refractivity contribution >= 4 is 13.5 Å². The number of carbonyl (C=O) groups is 1. The van der Waals surface area contributed by atoms with Crippen LogP contribution in [0.1, 0.15) is 25.3 Å². The molecule has 0 unspecified atom stereocenters. The minimum Gasteiger partial charge on any atom is -0.465 e. The standard InChI is InChI=1S/C21H21F5NO4P/c1-3-4-8-11-30-21(28)13(2)27-32(29,12-14-9-6-5-7-10-14)31-20-18(25)16(23)15(22)17(24)19(20)26/h3,5-7,9-10,13H,1,4,8,11-12H2,2H3,(H,27,29)/t13-,32-/m0/s1. The van der Waals surface area contributed by atoms with Crippen LogP contribution in [0.4, 0.5) is 22.0 Å². The lowest BCUT2D eigenvalue weighted by Gasteiger charge is -2.24. The molecule has 0 bridgehead atoms. The third-order valence-electron chi connectivity index (χ3n) is 4.18. The molecule has 0 aliphatic heterocycles. The molecule has 0 aromatic heterocycles. The largest absolute Gasteiger partial charge is 0.465 e. The molecule has 2 aromatic carbocycles. The molecule has 174 valence electrons. The molecule has 0 heterocycles. The lowest BCUT2D eigenvalue weighted by Crippen LogP contribution is -2.35. The Kier molecular flexibility index (Phi) is 8.98. The number of allylic oxidation sites excluding steroid dienone is 1. The predicted octanol–water partition coefficient (Wildman–Crippen LogP) is 5.64. The summed E-state index contributed by atoms with van der Waals surface area (Å²) in [7, 11) is -4.43. The monoisotopic (exact) mass is 477 g/mol. The van der Waals surface area contributed by atoms with Crippen LogP contribution in [0.2, 0.25) is 0 Å². The second-order valence-corrected chi connectivity index (χ2v) is 8.86. The molecular weight excluding hydrogens is 456 g/mol. The van der Waals surface area contributed by atoms with E-state index in [1.165, 1.54) is 19.1 Å². The summed E-state index contributed by atoms with van der Waals surface area (Å²) in [6.45, 7) is 4.83. The molecule has 0 saturated heterocycles. The Hall–Kier alpha value is -2.71. The van der Waals surface area contributed by atoms with Crippen molar-refractivity contribution in [3.05, 3.63) is 77.6 Å². The summed E-state index contributed by atoms with van der Waals surface area (Å²) in [5.74, 6) is -14.0. The molecule has 2 aromatic rings. The number of hydrogen-bond acceptors (Lipinski definition) is 4. The normalized spacial score (nSPS) is 13.8. The molecule has 5 nitrogen and oxygen atoms in total. The fourth-order valence-corrected chi connectivity index (χ4v) is 4.66. The lowest BCUT2D eigenvalue weighted by molar-refractivity contribution is -0.145. The van der Waals surface area contributed by atoms with E-state index in [1.807, 2.05) is 0 Å². The molecule has 0 aliphatic rings. The SMILES string of the molecule is C=CCCCOC(=O)[C@H](C)N[P@](=O)(Cc1ccccc1)Oc1c(F)c(F)c(F)c(F)c1F. The molecule has 2 atom stereocenters. The van der Waals surface area contributed by atoms with E-state index >= 15 is 0 Å². The number of unbranched alkanes of at least 4 members (excludes halogenated alkanes) is 1. The first-order valence-corrected chi connectivity index (χ1v) is 11.3. The Morgan fingerprint density at radius 3 is 2.19 bits per heavy atom. The maximum atomic E-state index is 14.1. The molecule has 1 N–H and O–H groups in total. The zero-order chi connectivity index (χ0) is 23.9. The Morgan fingerprint density at radius 2 is 1.62 bits per heavy atom. The number of rotatable bonds is 11. The highest BCUT2D eigenvalue weighted by Crippen LogP contribution is 2.49. The van der Waals surface area contributed by atoms with Gasteiger partial charge in [-0.05, 0) is 25.3 Å². The zero-order valence-corrected chi connectivity index (χ0v) is 17.9.